The van der Waals surface area contributed by atoms with E-state index in [0.717, 1.165) is 17.7 Å². The molecule has 0 aliphatic heterocycles. The third-order valence-corrected chi connectivity index (χ3v) is 6.68. The van der Waals surface area contributed by atoms with E-state index in [1.807, 2.05) is 54.3 Å². The number of methoxy groups -OCH3 is 1. The summed E-state index contributed by atoms with van der Waals surface area (Å²) < 4.78 is 13.4. The first-order valence-corrected chi connectivity index (χ1v) is 14.2. The van der Waals surface area contributed by atoms with Crippen molar-refractivity contribution in [1.82, 2.24) is 5.32 Å². The van der Waals surface area contributed by atoms with Crippen molar-refractivity contribution in [2.24, 2.45) is 7.05 Å². The molecule has 1 amide bonds. The molecule has 0 saturated carbocycles. The normalized spacial score (nSPS) is 10.6. The number of nitrogens with zero attached hydrogens (tertiary/aromatic N) is 1. The Hall–Kier alpha value is -1.83. The van der Waals surface area contributed by atoms with Crippen LogP contribution in [0.4, 0.5) is 0 Å². The van der Waals surface area contributed by atoms with Crippen LogP contribution in [0.1, 0.15) is 113 Å². The van der Waals surface area contributed by atoms with Crippen molar-refractivity contribution in [3.8, 4) is 11.5 Å². The second kappa shape index (κ2) is 21.1. The van der Waals surface area contributed by atoms with Gasteiger partial charge in [0.2, 0.25) is 0 Å². The molecule has 6 heteroatoms. The highest BCUT2D eigenvalue weighted by atomic mass is 127. The fraction of sp³-hybridized carbons (Fsp3) is 0.613. The van der Waals surface area contributed by atoms with Crippen molar-refractivity contribution in [1.29, 1.82) is 0 Å². The van der Waals surface area contributed by atoms with Crippen LogP contribution < -0.4 is 43.3 Å². The molecule has 2 rings (SSSR count). The molecule has 1 aromatic heterocycles. The number of hydrogen-bond donors (Lipinski definition) is 1. The molecule has 1 N–H and O–H groups in total. The van der Waals surface area contributed by atoms with Crippen molar-refractivity contribution < 1.29 is 42.8 Å². The average Bonchev–Trinajstić information content (AvgIpc) is 2.90. The van der Waals surface area contributed by atoms with Gasteiger partial charge in [-0.05, 0) is 24.1 Å². The molecule has 1 aromatic carbocycles. The lowest BCUT2D eigenvalue weighted by Gasteiger charge is -2.13. The number of hydrogen-bond acceptors (Lipinski definition) is 3. The second-order valence-corrected chi connectivity index (χ2v) is 9.86. The van der Waals surface area contributed by atoms with Gasteiger partial charge < -0.3 is 38.8 Å². The Kier molecular flexibility index (Phi) is 19.0. The number of aromatic nitrogens is 1. The van der Waals surface area contributed by atoms with E-state index < -0.39 is 0 Å². The third kappa shape index (κ3) is 14.6. The third-order valence-electron chi connectivity index (χ3n) is 6.68. The molecule has 0 aliphatic rings. The molecule has 0 radical (unpaired) electrons. The van der Waals surface area contributed by atoms with Gasteiger partial charge in [-0.15, -0.1) is 0 Å². The Balaban J connectivity index is 0.00000684. The number of amides is 1. The maximum atomic E-state index is 12.3. The molecule has 2 aromatic rings. The number of aryl methyl sites for hydroxylation is 1. The van der Waals surface area contributed by atoms with Gasteiger partial charge in [0.25, 0.3) is 5.91 Å². The van der Waals surface area contributed by atoms with E-state index in [-0.39, 0.29) is 29.9 Å². The predicted octanol–water partition coefficient (Wildman–Crippen LogP) is 4.31. The Bertz CT molecular complexity index is 858. The summed E-state index contributed by atoms with van der Waals surface area (Å²) in [6.45, 7) is 3.42. The van der Waals surface area contributed by atoms with E-state index in [2.05, 4.69) is 12.2 Å². The number of carbonyl (C=O) groups excluding carboxylic acids is 1. The van der Waals surface area contributed by atoms with E-state index in [0.29, 0.717) is 24.5 Å². The van der Waals surface area contributed by atoms with E-state index in [9.17, 15) is 4.79 Å². The number of benzene rings is 1. The molecule has 1 heterocycles. The minimum Gasteiger partial charge on any atom is -1.00 e. The highest BCUT2D eigenvalue weighted by Gasteiger charge is 2.09. The number of nitrogens with one attached hydrogen (secondary N) is 1. The van der Waals surface area contributed by atoms with Crippen LogP contribution >= 0.6 is 0 Å². The summed E-state index contributed by atoms with van der Waals surface area (Å²) in [5.74, 6) is 1.38. The predicted molar refractivity (Wildman–Crippen MR) is 148 cm³/mol. The molecule has 0 fully saturated rings. The standard InChI is InChI=1S/C31H48N2O3.HI/c1-4-5-6-7-8-9-10-11-12-13-14-15-16-17-24-36-29-19-18-27(25-30(29)35-3)26-32-31(34)28-20-22-33(2)23-21-28;/h18-23,25H,4-17,24,26H2,1-3H3;1H. The first-order chi connectivity index (χ1) is 17.6. The Morgan fingerprint density at radius 2 is 1.32 bits per heavy atom. The van der Waals surface area contributed by atoms with Crippen LogP contribution in [0.3, 0.4) is 0 Å². The number of ether oxygens (including phenoxy) is 2. The van der Waals surface area contributed by atoms with Gasteiger partial charge in [-0.25, -0.2) is 4.57 Å². The molecule has 208 valence electrons. The zero-order chi connectivity index (χ0) is 25.8. The second-order valence-electron chi connectivity index (χ2n) is 9.86. The molecular formula is C31H49IN2O3. The van der Waals surface area contributed by atoms with Gasteiger partial charge in [0.1, 0.15) is 7.05 Å². The topological polar surface area (TPSA) is 51.4 Å². The van der Waals surface area contributed by atoms with Crippen LogP contribution in [0.2, 0.25) is 0 Å². The van der Waals surface area contributed by atoms with Gasteiger partial charge in [-0.1, -0.05) is 96.5 Å². The molecule has 0 bridgehead atoms. The van der Waals surface area contributed by atoms with Gasteiger partial charge in [0, 0.05) is 18.7 Å². The maximum absolute atomic E-state index is 12.3. The van der Waals surface area contributed by atoms with E-state index in [1.165, 1.54) is 83.5 Å². The lowest BCUT2D eigenvalue weighted by molar-refractivity contribution is -0.671. The summed E-state index contributed by atoms with van der Waals surface area (Å²) >= 11 is 0. The van der Waals surface area contributed by atoms with Crippen LogP contribution in [-0.4, -0.2) is 19.6 Å². The smallest absolute Gasteiger partial charge is 0.252 e. The summed E-state index contributed by atoms with van der Waals surface area (Å²) in [7, 11) is 3.58. The zero-order valence-corrected chi connectivity index (χ0v) is 25.6. The summed E-state index contributed by atoms with van der Waals surface area (Å²) in [6.07, 6.45) is 22.6. The summed E-state index contributed by atoms with van der Waals surface area (Å²) in [6, 6.07) is 9.47. The van der Waals surface area contributed by atoms with Crippen molar-refractivity contribution in [2.75, 3.05) is 13.7 Å². The van der Waals surface area contributed by atoms with E-state index in [1.54, 1.807) is 7.11 Å². The van der Waals surface area contributed by atoms with E-state index in [4.69, 9.17) is 9.47 Å². The summed E-state index contributed by atoms with van der Waals surface area (Å²) in [5.41, 5.74) is 1.62. The van der Waals surface area contributed by atoms with Crippen LogP contribution in [0.25, 0.3) is 0 Å². The summed E-state index contributed by atoms with van der Waals surface area (Å²) in [4.78, 5) is 12.3. The quantitative estimate of drug-likeness (QED) is 0.136. The van der Waals surface area contributed by atoms with Crippen molar-refractivity contribution in [3.63, 3.8) is 0 Å². The molecule has 0 saturated heterocycles. The molecule has 0 unspecified atom stereocenters. The van der Waals surface area contributed by atoms with Crippen LogP contribution in [0, 0.1) is 0 Å². The summed E-state index contributed by atoms with van der Waals surface area (Å²) in [5, 5.41) is 2.96. The first-order valence-electron chi connectivity index (χ1n) is 14.2. The maximum Gasteiger partial charge on any atom is 0.252 e. The Labute approximate surface area is 242 Å². The highest BCUT2D eigenvalue weighted by molar-refractivity contribution is 5.93. The Morgan fingerprint density at radius 1 is 0.784 bits per heavy atom. The van der Waals surface area contributed by atoms with Gasteiger partial charge in [0.05, 0.1) is 19.3 Å². The molecule has 0 aliphatic carbocycles. The van der Waals surface area contributed by atoms with Crippen molar-refractivity contribution in [3.05, 3.63) is 53.9 Å². The van der Waals surface area contributed by atoms with Gasteiger partial charge in [-0.2, -0.15) is 0 Å². The van der Waals surface area contributed by atoms with Gasteiger partial charge in [-0.3, -0.25) is 4.79 Å². The Morgan fingerprint density at radius 3 is 1.86 bits per heavy atom. The monoisotopic (exact) mass is 624 g/mol. The number of carbonyl (C=O) groups is 1. The van der Waals surface area contributed by atoms with E-state index >= 15 is 0 Å². The SMILES string of the molecule is CCCCCCCCCCCCCCCCOc1ccc(CNC(=O)c2cc[n+](C)cc2)cc1OC.[I-]. The molecular weight excluding hydrogens is 575 g/mol. The molecule has 5 nitrogen and oxygen atoms in total. The first kappa shape index (κ1) is 33.2. The van der Waals surface area contributed by atoms with Gasteiger partial charge >= 0.3 is 0 Å². The number of rotatable bonds is 20. The lowest BCUT2D eigenvalue weighted by Crippen LogP contribution is -3.00. The van der Waals surface area contributed by atoms with Crippen LogP contribution in [0.5, 0.6) is 11.5 Å². The highest BCUT2D eigenvalue weighted by Crippen LogP contribution is 2.28. The average molecular weight is 625 g/mol. The van der Waals surface area contributed by atoms with Gasteiger partial charge in [0.15, 0.2) is 23.9 Å². The van der Waals surface area contributed by atoms with Crippen LogP contribution in [0.15, 0.2) is 42.7 Å². The number of pyridine rings is 1. The largest absolute Gasteiger partial charge is 1.00 e. The molecule has 37 heavy (non-hydrogen) atoms. The number of unbranched alkanes of at least 4 members (excludes halogenated alkanes) is 13. The fourth-order valence-corrected chi connectivity index (χ4v) is 4.36. The minimum atomic E-state index is -0.0901. The molecule has 0 atom stereocenters. The molecule has 0 spiro atoms. The van der Waals surface area contributed by atoms with Crippen molar-refractivity contribution >= 4 is 5.91 Å². The minimum absolute atomic E-state index is 0. The zero-order valence-electron chi connectivity index (χ0n) is 23.4. The van der Waals surface area contributed by atoms with Crippen molar-refractivity contribution in [2.45, 2.75) is 103 Å². The fourth-order valence-electron chi connectivity index (χ4n) is 4.36. The number of halogens is 1. The van der Waals surface area contributed by atoms with Crippen LogP contribution in [-0.2, 0) is 13.6 Å². The lowest BCUT2D eigenvalue weighted by atomic mass is 10.0.